The molecule has 0 N–H and O–H groups in total. The number of ether oxygens (including phenoxy) is 1. The molecule has 0 radical (unpaired) electrons. The third-order valence-electron chi connectivity index (χ3n) is 3.18. The van der Waals surface area contributed by atoms with Gasteiger partial charge in [0.25, 0.3) is 0 Å². The highest BCUT2D eigenvalue weighted by atomic mass is 16.5. The molecule has 0 atom stereocenters. The SMILES string of the molecule is COc1cncc(N2CCN(C(C)C)CC2)n1. The molecular weight excluding hydrogens is 216 g/mol. The van der Waals surface area contributed by atoms with Gasteiger partial charge in [-0.15, -0.1) is 0 Å². The van der Waals surface area contributed by atoms with Crippen LogP contribution in [0.3, 0.4) is 0 Å². The number of anilines is 1. The van der Waals surface area contributed by atoms with E-state index in [0.717, 1.165) is 32.0 Å². The molecule has 5 heteroatoms. The first-order chi connectivity index (χ1) is 8.20. The van der Waals surface area contributed by atoms with Gasteiger partial charge in [-0.3, -0.25) is 9.88 Å². The lowest BCUT2D eigenvalue weighted by atomic mass is 10.2. The van der Waals surface area contributed by atoms with Crippen LogP contribution >= 0.6 is 0 Å². The van der Waals surface area contributed by atoms with Crippen molar-refractivity contribution in [1.82, 2.24) is 14.9 Å². The van der Waals surface area contributed by atoms with Gasteiger partial charge in [-0.05, 0) is 13.8 Å². The van der Waals surface area contributed by atoms with Gasteiger partial charge in [0, 0.05) is 32.2 Å². The summed E-state index contributed by atoms with van der Waals surface area (Å²) >= 11 is 0. The Morgan fingerprint density at radius 3 is 2.47 bits per heavy atom. The van der Waals surface area contributed by atoms with Crippen molar-refractivity contribution >= 4 is 5.82 Å². The Kier molecular flexibility index (Phi) is 3.78. The van der Waals surface area contributed by atoms with Crippen LogP contribution in [0, 0.1) is 0 Å². The fraction of sp³-hybridized carbons (Fsp3) is 0.667. The Bertz CT molecular complexity index is 361. The molecule has 0 saturated carbocycles. The highest BCUT2D eigenvalue weighted by molar-refractivity contribution is 5.38. The molecule has 0 amide bonds. The third kappa shape index (κ3) is 2.85. The average molecular weight is 236 g/mol. The summed E-state index contributed by atoms with van der Waals surface area (Å²) in [6.45, 7) is 8.63. The van der Waals surface area contributed by atoms with Gasteiger partial charge in [-0.1, -0.05) is 0 Å². The van der Waals surface area contributed by atoms with E-state index in [1.807, 2.05) is 0 Å². The van der Waals surface area contributed by atoms with Crippen LogP contribution in [0.25, 0.3) is 0 Å². The summed E-state index contributed by atoms with van der Waals surface area (Å²) in [4.78, 5) is 13.3. The van der Waals surface area contributed by atoms with Gasteiger partial charge in [0.05, 0.1) is 19.5 Å². The maximum Gasteiger partial charge on any atom is 0.233 e. The molecule has 0 aliphatic carbocycles. The lowest BCUT2D eigenvalue weighted by molar-refractivity contribution is 0.209. The molecular formula is C12H20N4O. The summed E-state index contributed by atoms with van der Waals surface area (Å²) < 4.78 is 5.09. The Hall–Kier alpha value is -1.36. The summed E-state index contributed by atoms with van der Waals surface area (Å²) in [5.74, 6) is 1.49. The highest BCUT2D eigenvalue weighted by Crippen LogP contribution is 2.16. The highest BCUT2D eigenvalue weighted by Gasteiger charge is 2.20. The smallest absolute Gasteiger partial charge is 0.233 e. The van der Waals surface area contributed by atoms with Crippen LogP contribution in [0.5, 0.6) is 5.88 Å². The topological polar surface area (TPSA) is 41.5 Å². The van der Waals surface area contributed by atoms with Crippen molar-refractivity contribution in [2.45, 2.75) is 19.9 Å². The maximum atomic E-state index is 5.09. The van der Waals surface area contributed by atoms with E-state index in [1.165, 1.54) is 0 Å². The van der Waals surface area contributed by atoms with Crippen LogP contribution in [-0.2, 0) is 0 Å². The largest absolute Gasteiger partial charge is 0.480 e. The van der Waals surface area contributed by atoms with Gasteiger partial charge in [-0.2, -0.15) is 4.98 Å². The zero-order chi connectivity index (χ0) is 12.3. The number of methoxy groups -OCH3 is 1. The van der Waals surface area contributed by atoms with Crippen LogP contribution < -0.4 is 9.64 Å². The summed E-state index contributed by atoms with van der Waals surface area (Å²) in [6.07, 6.45) is 3.43. The molecule has 0 aromatic carbocycles. The predicted octanol–water partition coefficient (Wildman–Crippen LogP) is 1.02. The fourth-order valence-electron chi connectivity index (χ4n) is 2.06. The summed E-state index contributed by atoms with van der Waals surface area (Å²) in [7, 11) is 1.62. The minimum atomic E-state index is 0.578. The Labute approximate surface area is 102 Å². The first kappa shape index (κ1) is 12.1. The number of rotatable bonds is 3. The minimum absolute atomic E-state index is 0.578. The Morgan fingerprint density at radius 1 is 1.18 bits per heavy atom. The zero-order valence-electron chi connectivity index (χ0n) is 10.8. The van der Waals surface area contributed by atoms with E-state index < -0.39 is 0 Å². The average Bonchev–Trinajstić information content (AvgIpc) is 2.39. The van der Waals surface area contributed by atoms with E-state index in [1.54, 1.807) is 19.5 Å². The molecule has 0 unspecified atom stereocenters. The van der Waals surface area contributed by atoms with Crippen molar-refractivity contribution in [3.63, 3.8) is 0 Å². The fourth-order valence-corrected chi connectivity index (χ4v) is 2.06. The van der Waals surface area contributed by atoms with Crippen LogP contribution in [0.2, 0.25) is 0 Å². The second-order valence-electron chi connectivity index (χ2n) is 4.54. The first-order valence-electron chi connectivity index (χ1n) is 6.05. The molecule has 94 valence electrons. The normalized spacial score (nSPS) is 17.5. The minimum Gasteiger partial charge on any atom is -0.480 e. The van der Waals surface area contributed by atoms with E-state index in [9.17, 15) is 0 Å². The van der Waals surface area contributed by atoms with E-state index >= 15 is 0 Å². The van der Waals surface area contributed by atoms with Gasteiger partial charge in [0.15, 0.2) is 5.82 Å². The number of aromatic nitrogens is 2. The summed E-state index contributed by atoms with van der Waals surface area (Å²) in [5.41, 5.74) is 0. The van der Waals surface area contributed by atoms with E-state index in [-0.39, 0.29) is 0 Å². The van der Waals surface area contributed by atoms with Crippen molar-refractivity contribution < 1.29 is 4.74 Å². The van der Waals surface area contributed by atoms with Crippen LogP contribution in [0.1, 0.15) is 13.8 Å². The standard InChI is InChI=1S/C12H20N4O/c1-10(2)15-4-6-16(7-5-15)11-8-13-9-12(14-11)17-3/h8-10H,4-7H2,1-3H3. The lowest BCUT2D eigenvalue weighted by Gasteiger charge is -2.37. The molecule has 17 heavy (non-hydrogen) atoms. The monoisotopic (exact) mass is 236 g/mol. The van der Waals surface area contributed by atoms with Gasteiger partial charge < -0.3 is 9.64 Å². The number of hydrogen-bond donors (Lipinski definition) is 0. The molecule has 1 aromatic rings. The molecule has 2 heterocycles. The van der Waals surface area contributed by atoms with E-state index in [4.69, 9.17) is 4.74 Å². The summed E-state index contributed by atoms with van der Waals surface area (Å²) in [6, 6.07) is 0.619. The second-order valence-corrected chi connectivity index (χ2v) is 4.54. The molecule has 1 saturated heterocycles. The van der Waals surface area contributed by atoms with Crippen molar-refractivity contribution in [2.75, 3.05) is 38.2 Å². The van der Waals surface area contributed by atoms with Gasteiger partial charge in [0.2, 0.25) is 5.88 Å². The van der Waals surface area contributed by atoms with Crippen LogP contribution in [0.4, 0.5) is 5.82 Å². The molecule has 1 fully saturated rings. The van der Waals surface area contributed by atoms with E-state index in [2.05, 4.69) is 33.6 Å². The maximum absolute atomic E-state index is 5.09. The van der Waals surface area contributed by atoms with Gasteiger partial charge in [0.1, 0.15) is 0 Å². The number of hydrogen-bond acceptors (Lipinski definition) is 5. The number of piperazine rings is 1. The quantitative estimate of drug-likeness (QED) is 0.783. The zero-order valence-corrected chi connectivity index (χ0v) is 10.8. The van der Waals surface area contributed by atoms with Crippen LogP contribution in [-0.4, -0.2) is 54.2 Å². The molecule has 0 spiro atoms. The summed E-state index contributed by atoms with van der Waals surface area (Å²) in [5, 5.41) is 0. The van der Waals surface area contributed by atoms with Gasteiger partial charge >= 0.3 is 0 Å². The molecule has 1 aliphatic rings. The van der Waals surface area contributed by atoms with Crippen molar-refractivity contribution in [3.05, 3.63) is 12.4 Å². The van der Waals surface area contributed by atoms with Crippen LogP contribution in [0.15, 0.2) is 12.4 Å². The second kappa shape index (κ2) is 5.31. The molecule has 1 aliphatic heterocycles. The van der Waals surface area contributed by atoms with Crippen molar-refractivity contribution in [1.29, 1.82) is 0 Å². The lowest BCUT2D eigenvalue weighted by Crippen LogP contribution is -2.49. The van der Waals surface area contributed by atoms with Crippen molar-refractivity contribution in [3.8, 4) is 5.88 Å². The van der Waals surface area contributed by atoms with E-state index in [0.29, 0.717) is 11.9 Å². The van der Waals surface area contributed by atoms with Crippen molar-refractivity contribution in [2.24, 2.45) is 0 Å². The predicted molar refractivity (Wildman–Crippen MR) is 67.5 cm³/mol. The Morgan fingerprint density at radius 2 is 1.88 bits per heavy atom. The number of nitrogens with zero attached hydrogens (tertiary/aromatic N) is 4. The molecule has 5 nitrogen and oxygen atoms in total. The molecule has 0 bridgehead atoms. The Balaban J connectivity index is 2.00. The third-order valence-corrected chi connectivity index (χ3v) is 3.18. The first-order valence-corrected chi connectivity index (χ1v) is 6.05. The molecule has 2 rings (SSSR count). The van der Waals surface area contributed by atoms with Gasteiger partial charge in [-0.25, -0.2) is 0 Å². The molecule has 1 aromatic heterocycles.